The second-order valence-corrected chi connectivity index (χ2v) is 5.18. The summed E-state index contributed by atoms with van der Waals surface area (Å²) in [6.45, 7) is 3.14. The van der Waals surface area contributed by atoms with Gasteiger partial charge in [0.15, 0.2) is 0 Å². The van der Waals surface area contributed by atoms with Crippen LogP contribution in [0.3, 0.4) is 0 Å². The fourth-order valence-electron chi connectivity index (χ4n) is 1.74. The maximum absolute atomic E-state index is 11.8. The fraction of sp³-hybridized carbons (Fsp3) is 0.200. The fourth-order valence-corrected chi connectivity index (χ4v) is 1.97. The molecule has 0 spiro atoms. The van der Waals surface area contributed by atoms with Crippen molar-refractivity contribution in [3.63, 3.8) is 0 Å². The van der Waals surface area contributed by atoms with E-state index in [0.717, 1.165) is 15.9 Å². The normalized spacial score (nSPS) is 10.1. The van der Waals surface area contributed by atoms with Gasteiger partial charge in [-0.25, -0.2) is 0 Å². The van der Waals surface area contributed by atoms with E-state index in [1.807, 2.05) is 37.3 Å². The zero-order valence-electron chi connectivity index (χ0n) is 11.2. The molecule has 1 amide bonds. The molecular formula is C15H16BrN3O. The number of anilines is 1. The summed E-state index contributed by atoms with van der Waals surface area (Å²) in [6.07, 6.45) is 1.77. The van der Waals surface area contributed by atoms with Gasteiger partial charge in [-0.3, -0.25) is 9.78 Å². The van der Waals surface area contributed by atoms with Crippen molar-refractivity contribution in [1.29, 1.82) is 0 Å². The van der Waals surface area contributed by atoms with Gasteiger partial charge in [0.2, 0.25) is 0 Å². The molecule has 0 aliphatic rings. The molecule has 0 fully saturated rings. The first kappa shape index (κ1) is 14.5. The van der Waals surface area contributed by atoms with Crippen LogP contribution < -0.4 is 10.6 Å². The van der Waals surface area contributed by atoms with E-state index in [2.05, 4.69) is 31.5 Å². The van der Waals surface area contributed by atoms with Gasteiger partial charge in [0.05, 0.1) is 12.2 Å². The summed E-state index contributed by atoms with van der Waals surface area (Å²) in [4.78, 5) is 16.0. The lowest BCUT2D eigenvalue weighted by atomic mass is 10.2. The third-order valence-electron chi connectivity index (χ3n) is 2.72. The van der Waals surface area contributed by atoms with Crippen molar-refractivity contribution in [3.05, 3.63) is 58.3 Å². The predicted molar refractivity (Wildman–Crippen MR) is 83.7 cm³/mol. The van der Waals surface area contributed by atoms with Crippen LogP contribution in [0.5, 0.6) is 0 Å². The molecule has 0 atom stereocenters. The molecule has 104 valence electrons. The molecule has 0 aliphatic carbocycles. The van der Waals surface area contributed by atoms with Crippen LogP contribution in [-0.4, -0.2) is 17.4 Å². The van der Waals surface area contributed by atoms with Crippen LogP contribution in [0.2, 0.25) is 0 Å². The van der Waals surface area contributed by atoms with Gasteiger partial charge in [-0.2, -0.15) is 0 Å². The molecule has 0 saturated carbocycles. The second-order valence-electron chi connectivity index (χ2n) is 4.26. The van der Waals surface area contributed by atoms with Crippen molar-refractivity contribution in [2.45, 2.75) is 13.5 Å². The van der Waals surface area contributed by atoms with Crippen molar-refractivity contribution in [2.75, 3.05) is 11.9 Å². The Labute approximate surface area is 126 Å². The van der Waals surface area contributed by atoms with E-state index < -0.39 is 0 Å². The van der Waals surface area contributed by atoms with Crippen molar-refractivity contribution >= 4 is 27.5 Å². The molecule has 2 rings (SSSR count). The van der Waals surface area contributed by atoms with E-state index in [1.54, 1.807) is 12.3 Å². The number of benzene rings is 1. The summed E-state index contributed by atoms with van der Waals surface area (Å²) in [5, 5.41) is 6.04. The first-order valence-corrected chi connectivity index (χ1v) is 7.21. The van der Waals surface area contributed by atoms with E-state index in [0.29, 0.717) is 18.7 Å². The standard InChI is InChI=1S/C15H16BrN3O/c1-2-17-15(20)11-4-3-5-13(8-11)19-10-14-7-6-12(16)9-18-14/h3-9,19H,2,10H2,1H3,(H,17,20). The molecule has 5 heteroatoms. The average molecular weight is 334 g/mol. The molecule has 2 aromatic rings. The predicted octanol–water partition coefficient (Wildman–Crippen LogP) is 3.21. The summed E-state index contributed by atoms with van der Waals surface area (Å²) in [5.41, 5.74) is 2.50. The van der Waals surface area contributed by atoms with Gasteiger partial charge >= 0.3 is 0 Å². The molecule has 0 unspecified atom stereocenters. The molecule has 2 N–H and O–H groups in total. The highest BCUT2D eigenvalue weighted by molar-refractivity contribution is 9.10. The van der Waals surface area contributed by atoms with Crippen molar-refractivity contribution < 1.29 is 4.79 Å². The minimum Gasteiger partial charge on any atom is -0.379 e. The number of nitrogens with one attached hydrogen (secondary N) is 2. The van der Waals surface area contributed by atoms with Crippen LogP contribution in [0.25, 0.3) is 0 Å². The van der Waals surface area contributed by atoms with Gasteiger partial charge in [-0.1, -0.05) is 6.07 Å². The number of carbonyl (C=O) groups is 1. The Morgan fingerprint density at radius 3 is 2.85 bits per heavy atom. The van der Waals surface area contributed by atoms with Crippen LogP contribution in [0.1, 0.15) is 23.0 Å². The van der Waals surface area contributed by atoms with Crippen molar-refractivity contribution in [3.8, 4) is 0 Å². The second kappa shape index (κ2) is 7.05. The van der Waals surface area contributed by atoms with E-state index in [1.165, 1.54) is 0 Å². The number of pyridine rings is 1. The molecule has 4 nitrogen and oxygen atoms in total. The molecule has 1 aromatic carbocycles. The van der Waals surface area contributed by atoms with Gasteiger partial charge in [-0.15, -0.1) is 0 Å². The third kappa shape index (κ3) is 4.06. The van der Waals surface area contributed by atoms with Gasteiger partial charge in [0.25, 0.3) is 5.91 Å². The average Bonchev–Trinajstić information content (AvgIpc) is 2.47. The van der Waals surface area contributed by atoms with Crippen LogP contribution in [0, 0.1) is 0 Å². The summed E-state index contributed by atoms with van der Waals surface area (Å²) in [5.74, 6) is -0.0575. The van der Waals surface area contributed by atoms with Gasteiger partial charge in [0.1, 0.15) is 0 Å². The van der Waals surface area contributed by atoms with E-state index >= 15 is 0 Å². The first-order chi connectivity index (χ1) is 9.69. The minimum atomic E-state index is -0.0575. The highest BCUT2D eigenvalue weighted by Gasteiger charge is 2.04. The maximum Gasteiger partial charge on any atom is 0.251 e. The summed E-state index contributed by atoms with van der Waals surface area (Å²) in [6, 6.07) is 11.3. The van der Waals surface area contributed by atoms with E-state index in [4.69, 9.17) is 0 Å². The molecule has 1 aromatic heterocycles. The number of rotatable bonds is 5. The molecule has 20 heavy (non-hydrogen) atoms. The maximum atomic E-state index is 11.8. The number of halogens is 1. The van der Waals surface area contributed by atoms with E-state index in [9.17, 15) is 4.79 Å². The smallest absolute Gasteiger partial charge is 0.251 e. The van der Waals surface area contributed by atoms with Crippen LogP contribution >= 0.6 is 15.9 Å². The Hall–Kier alpha value is -1.88. The Morgan fingerprint density at radius 1 is 1.30 bits per heavy atom. The highest BCUT2D eigenvalue weighted by atomic mass is 79.9. The Balaban J connectivity index is 2.01. The van der Waals surface area contributed by atoms with Gasteiger partial charge < -0.3 is 10.6 Å². The van der Waals surface area contributed by atoms with Gasteiger partial charge in [0, 0.05) is 28.5 Å². The molecule has 1 heterocycles. The number of nitrogens with zero attached hydrogens (tertiary/aromatic N) is 1. The lowest BCUT2D eigenvalue weighted by Gasteiger charge is -2.08. The quantitative estimate of drug-likeness (QED) is 0.883. The lowest BCUT2D eigenvalue weighted by molar-refractivity contribution is 0.0956. The summed E-state index contributed by atoms with van der Waals surface area (Å²) in [7, 11) is 0. The Morgan fingerprint density at radius 2 is 2.15 bits per heavy atom. The monoisotopic (exact) mass is 333 g/mol. The summed E-state index contributed by atoms with van der Waals surface area (Å²) >= 11 is 3.35. The Bertz CT molecular complexity index is 584. The number of carbonyl (C=O) groups excluding carboxylic acids is 1. The molecule has 0 radical (unpaired) electrons. The lowest BCUT2D eigenvalue weighted by Crippen LogP contribution is -2.22. The van der Waals surface area contributed by atoms with Crippen LogP contribution in [-0.2, 0) is 6.54 Å². The zero-order chi connectivity index (χ0) is 14.4. The van der Waals surface area contributed by atoms with Crippen LogP contribution in [0.15, 0.2) is 47.1 Å². The zero-order valence-corrected chi connectivity index (χ0v) is 12.8. The number of hydrogen-bond donors (Lipinski definition) is 2. The van der Waals surface area contributed by atoms with Crippen LogP contribution in [0.4, 0.5) is 5.69 Å². The largest absolute Gasteiger partial charge is 0.379 e. The SMILES string of the molecule is CCNC(=O)c1cccc(NCc2ccc(Br)cn2)c1. The molecule has 0 bridgehead atoms. The van der Waals surface area contributed by atoms with Crippen molar-refractivity contribution in [2.24, 2.45) is 0 Å². The van der Waals surface area contributed by atoms with E-state index in [-0.39, 0.29) is 5.91 Å². The topological polar surface area (TPSA) is 54.0 Å². The molecule has 0 saturated heterocycles. The first-order valence-electron chi connectivity index (χ1n) is 6.41. The van der Waals surface area contributed by atoms with Gasteiger partial charge in [-0.05, 0) is 53.2 Å². The number of amides is 1. The summed E-state index contributed by atoms with van der Waals surface area (Å²) < 4.78 is 0.958. The molecule has 0 aliphatic heterocycles. The molecular weight excluding hydrogens is 318 g/mol. The number of aromatic nitrogens is 1. The Kier molecular flexibility index (Phi) is 5.12. The third-order valence-corrected chi connectivity index (χ3v) is 3.19. The van der Waals surface area contributed by atoms with Crippen molar-refractivity contribution in [1.82, 2.24) is 10.3 Å². The highest BCUT2D eigenvalue weighted by Crippen LogP contribution is 2.13. The number of hydrogen-bond acceptors (Lipinski definition) is 3. The minimum absolute atomic E-state index is 0.0575.